The van der Waals surface area contributed by atoms with Crippen LogP contribution >= 0.6 is 28.3 Å². The van der Waals surface area contributed by atoms with Gasteiger partial charge in [-0.05, 0) is 37.6 Å². The Labute approximate surface area is 135 Å². The molecule has 3 nitrogen and oxygen atoms in total. The number of halogens is 2. The van der Waals surface area contributed by atoms with Crippen LogP contribution in [0, 0.1) is 0 Å². The Morgan fingerprint density at radius 1 is 1.25 bits per heavy atom. The minimum atomic E-state index is 0. The average Bonchev–Trinajstić information content (AvgIpc) is 2.36. The molecule has 1 aliphatic rings. The van der Waals surface area contributed by atoms with Crippen LogP contribution in [0.1, 0.15) is 19.4 Å². The number of rotatable bonds is 2. The van der Waals surface area contributed by atoms with Gasteiger partial charge in [-0.15, -0.1) is 12.4 Å². The first-order chi connectivity index (χ1) is 9.04. The standard InChI is InChI=1S/C15H19BrN2O.ClH/c1-11-9-18(10-12(2)17-11)15(19)8-5-13-3-6-14(16)7-4-13;/h3-8,11-12,17H,9-10H2,1-2H3;1H/b8-5+;. The number of carbonyl (C=O) groups excluding carboxylic acids is 1. The minimum Gasteiger partial charge on any atom is -0.336 e. The zero-order chi connectivity index (χ0) is 13.8. The number of piperazine rings is 1. The van der Waals surface area contributed by atoms with Crippen molar-refractivity contribution in [3.63, 3.8) is 0 Å². The molecule has 1 saturated heterocycles. The predicted octanol–water partition coefficient (Wildman–Crippen LogP) is 3.09. The van der Waals surface area contributed by atoms with Gasteiger partial charge in [0, 0.05) is 35.7 Å². The maximum Gasteiger partial charge on any atom is 0.246 e. The van der Waals surface area contributed by atoms with Crippen molar-refractivity contribution in [2.24, 2.45) is 0 Å². The summed E-state index contributed by atoms with van der Waals surface area (Å²) in [7, 11) is 0. The molecule has 2 rings (SSSR count). The zero-order valence-corrected chi connectivity index (χ0v) is 14.1. The van der Waals surface area contributed by atoms with Gasteiger partial charge in [-0.1, -0.05) is 28.1 Å². The normalized spacial score (nSPS) is 22.6. The number of nitrogens with zero attached hydrogens (tertiary/aromatic N) is 1. The third-order valence-corrected chi connectivity index (χ3v) is 3.69. The highest BCUT2D eigenvalue weighted by atomic mass is 79.9. The van der Waals surface area contributed by atoms with Crippen molar-refractivity contribution in [2.75, 3.05) is 13.1 Å². The molecule has 0 aromatic heterocycles. The van der Waals surface area contributed by atoms with E-state index in [0.717, 1.165) is 23.1 Å². The molecule has 1 aromatic carbocycles. The zero-order valence-electron chi connectivity index (χ0n) is 11.7. The number of nitrogens with one attached hydrogen (secondary N) is 1. The second-order valence-corrected chi connectivity index (χ2v) is 6.01. The maximum absolute atomic E-state index is 12.1. The lowest BCUT2D eigenvalue weighted by atomic mass is 10.1. The van der Waals surface area contributed by atoms with Gasteiger partial charge in [0.05, 0.1) is 0 Å². The van der Waals surface area contributed by atoms with Crippen LogP contribution in [-0.4, -0.2) is 36.0 Å². The Morgan fingerprint density at radius 3 is 2.35 bits per heavy atom. The fraction of sp³-hybridized carbons (Fsp3) is 0.400. The molecule has 1 amide bonds. The first kappa shape index (κ1) is 17.2. The largest absolute Gasteiger partial charge is 0.336 e. The number of carbonyl (C=O) groups is 1. The molecule has 1 N–H and O–H groups in total. The highest BCUT2D eigenvalue weighted by Gasteiger charge is 2.23. The summed E-state index contributed by atoms with van der Waals surface area (Å²) >= 11 is 3.40. The molecule has 20 heavy (non-hydrogen) atoms. The summed E-state index contributed by atoms with van der Waals surface area (Å²) in [6.45, 7) is 5.75. The third kappa shape index (κ3) is 4.93. The van der Waals surface area contributed by atoms with Gasteiger partial charge in [0.1, 0.15) is 0 Å². The van der Waals surface area contributed by atoms with Gasteiger partial charge >= 0.3 is 0 Å². The lowest BCUT2D eigenvalue weighted by Gasteiger charge is -2.35. The van der Waals surface area contributed by atoms with E-state index in [1.165, 1.54) is 0 Å². The van der Waals surface area contributed by atoms with E-state index < -0.39 is 0 Å². The Balaban J connectivity index is 0.00000200. The van der Waals surface area contributed by atoms with Crippen LogP contribution < -0.4 is 5.32 Å². The van der Waals surface area contributed by atoms with Crippen LogP contribution in [0.5, 0.6) is 0 Å². The van der Waals surface area contributed by atoms with E-state index >= 15 is 0 Å². The van der Waals surface area contributed by atoms with Crippen molar-refractivity contribution in [3.8, 4) is 0 Å². The monoisotopic (exact) mass is 358 g/mol. The summed E-state index contributed by atoms with van der Waals surface area (Å²) in [6.07, 6.45) is 3.53. The summed E-state index contributed by atoms with van der Waals surface area (Å²) < 4.78 is 1.04. The number of amides is 1. The van der Waals surface area contributed by atoms with E-state index in [0.29, 0.717) is 12.1 Å². The quantitative estimate of drug-likeness (QED) is 0.823. The van der Waals surface area contributed by atoms with Crippen LogP contribution in [0.25, 0.3) is 6.08 Å². The molecule has 0 radical (unpaired) electrons. The van der Waals surface area contributed by atoms with Crippen LogP contribution in [-0.2, 0) is 4.79 Å². The molecular weight excluding hydrogens is 340 g/mol. The van der Waals surface area contributed by atoms with Gasteiger partial charge in [-0.25, -0.2) is 0 Å². The lowest BCUT2D eigenvalue weighted by Crippen LogP contribution is -2.55. The second-order valence-electron chi connectivity index (χ2n) is 5.10. The van der Waals surface area contributed by atoms with Crippen molar-refractivity contribution in [1.29, 1.82) is 0 Å². The van der Waals surface area contributed by atoms with Gasteiger partial charge in [0.25, 0.3) is 0 Å². The number of hydrogen-bond donors (Lipinski definition) is 1. The molecule has 1 aliphatic heterocycles. The van der Waals surface area contributed by atoms with E-state index in [1.54, 1.807) is 6.08 Å². The van der Waals surface area contributed by atoms with Gasteiger partial charge in [0.15, 0.2) is 0 Å². The van der Waals surface area contributed by atoms with Crippen LogP contribution in [0.4, 0.5) is 0 Å². The van der Waals surface area contributed by atoms with E-state index in [4.69, 9.17) is 0 Å². The lowest BCUT2D eigenvalue weighted by molar-refractivity contribution is -0.127. The highest BCUT2D eigenvalue weighted by molar-refractivity contribution is 9.10. The van der Waals surface area contributed by atoms with E-state index in [1.807, 2.05) is 35.2 Å². The SMILES string of the molecule is CC1CN(C(=O)/C=C/c2ccc(Br)cc2)CC(C)N1.Cl. The molecule has 0 saturated carbocycles. The fourth-order valence-electron chi connectivity index (χ4n) is 2.35. The molecular formula is C15H20BrClN2O. The van der Waals surface area contributed by atoms with Crippen LogP contribution in [0.15, 0.2) is 34.8 Å². The van der Waals surface area contributed by atoms with Crippen LogP contribution in [0.2, 0.25) is 0 Å². The van der Waals surface area contributed by atoms with Crippen molar-refractivity contribution < 1.29 is 4.79 Å². The Kier molecular flexibility index (Phi) is 6.72. The second kappa shape index (κ2) is 7.81. The summed E-state index contributed by atoms with van der Waals surface area (Å²) in [4.78, 5) is 14.0. The molecule has 2 atom stereocenters. The summed E-state index contributed by atoms with van der Waals surface area (Å²) in [5, 5.41) is 3.42. The molecule has 1 aromatic rings. The Hall–Kier alpha value is -0.840. The smallest absolute Gasteiger partial charge is 0.246 e. The van der Waals surface area contributed by atoms with Gasteiger partial charge in [0.2, 0.25) is 5.91 Å². The van der Waals surface area contributed by atoms with Gasteiger partial charge in [-0.2, -0.15) is 0 Å². The molecule has 1 heterocycles. The minimum absolute atomic E-state index is 0. The molecule has 2 unspecified atom stereocenters. The molecule has 5 heteroatoms. The average molecular weight is 360 g/mol. The van der Waals surface area contributed by atoms with Crippen molar-refractivity contribution >= 4 is 40.3 Å². The van der Waals surface area contributed by atoms with E-state index in [9.17, 15) is 4.79 Å². The van der Waals surface area contributed by atoms with Crippen molar-refractivity contribution in [2.45, 2.75) is 25.9 Å². The van der Waals surface area contributed by atoms with Crippen molar-refractivity contribution in [3.05, 3.63) is 40.4 Å². The predicted molar refractivity (Wildman–Crippen MR) is 89.1 cm³/mol. The first-order valence-electron chi connectivity index (χ1n) is 6.53. The molecule has 110 valence electrons. The van der Waals surface area contributed by atoms with Crippen molar-refractivity contribution in [1.82, 2.24) is 10.2 Å². The number of hydrogen-bond acceptors (Lipinski definition) is 2. The highest BCUT2D eigenvalue weighted by Crippen LogP contribution is 2.12. The van der Waals surface area contributed by atoms with E-state index in [2.05, 4.69) is 35.1 Å². The first-order valence-corrected chi connectivity index (χ1v) is 7.32. The molecule has 1 fully saturated rings. The van der Waals surface area contributed by atoms with Gasteiger partial charge < -0.3 is 10.2 Å². The van der Waals surface area contributed by atoms with Crippen LogP contribution in [0.3, 0.4) is 0 Å². The molecule has 0 aliphatic carbocycles. The molecule has 0 spiro atoms. The Bertz CT molecular complexity index is 465. The maximum atomic E-state index is 12.1. The third-order valence-electron chi connectivity index (χ3n) is 3.16. The Morgan fingerprint density at radius 2 is 1.80 bits per heavy atom. The topological polar surface area (TPSA) is 32.3 Å². The summed E-state index contributed by atoms with van der Waals surface area (Å²) in [5.74, 6) is 0.0862. The summed E-state index contributed by atoms with van der Waals surface area (Å²) in [5.41, 5.74) is 1.03. The number of benzene rings is 1. The fourth-order valence-corrected chi connectivity index (χ4v) is 2.62. The van der Waals surface area contributed by atoms with Gasteiger partial charge in [-0.3, -0.25) is 4.79 Å². The molecule has 0 bridgehead atoms. The summed E-state index contributed by atoms with van der Waals surface area (Å²) in [6, 6.07) is 8.62. The van der Waals surface area contributed by atoms with E-state index in [-0.39, 0.29) is 18.3 Å².